The SMILES string of the molecule is NC(=O)c1ccc(N)c(Nc2ccc(Br)c(Cl)c2)c1. The van der Waals surface area contributed by atoms with Gasteiger partial charge in [-0.15, -0.1) is 0 Å². The van der Waals surface area contributed by atoms with Crippen LogP contribution in [0.5, 0.6) is 0 Å². The Hall–Kier alpha value is -1.72. The van der Waals surface area contributed by atoms with Crippen LogP contribution in [0.2, 0.25) is 5.02 Å². The largest absolute Gasteiger partial charge is 0.397 e. The van der Waals surface area contributed by atoms with Crippen LogP contribution in [-0.2, 0) is 0 Å². The van der Waals surface area contributed by atoms with Crippen LogP contribution in [0.25, 0.3) is 0 Å². The Balaban J connectivity index is 2.34. The molecule has 0 radical (unpaired) electrons. The van der Waals surface area contributed by atoms with Gasteiger partial charge in [0.15, 0.2) is 0 Å². The van der Waals surface area contributed by atoms with Gasteiger partial charge in [0.05, 0.1) is 16.4 Å². The number of halogens is 2. The third-order valence-corrected chi connectivity index (χ3v) is 3.77. The number of nitrogens with two attached hydrogens (primary N) is 2. The molecule has 0 bridgehead atoms. The number of benzene rings is 2. The van der Waals surface area contributed by atoms with E-state index in [0.717, 1.165) is 10.2 Å². The lowest BCUT2D eigenvalue weighted by atomic mass is 10.1. The van der Waals surface area contributed by atoms with Crippen LogP contribution in [0.4, 0.5) is 17.1 Å². The Bertz CT molecular complexity index is 646. The van der Waals surface area contributed by atoms with Crippen LogP contribution >= 0.6 is 27.5 Å². The van der Waals surface area contributed by atoms with Gasteiger partial charge >= 0.3 is 0 Å². The van der Waals surface area contributed by atoms with Crippen molar-refractivity contribution in [3.8, 4) is 0 Å². The molecule has 0 aliphatic heterocycles. The molecule has 1 amide bonds. The fourth-order valence-corrected chi connectivity index (χ4v) is 1.97. The molecule has 0 aliphatic carbocycles. The van der Waals surface area contributed by atoms with E-state index >= 15 is 0 Å². The molecule has 5 N–H and O–H groups in total. The Morgan fingerprint density at radius 2 is 1.95 bits per heavy atom. The molecule has 6 heteroatoms. The van der Waals surface area contributed by atoms with Crippen molar-refractivity contribution in [3.05, 3.63) is 51.5 Å². The molecule has 4 nitrogen and oxygen atoms in total. The molecule has 0 saturated carbocycles. The highest BCUT2D eigenvalue weighted by Crippen LogP contribution is 2.29. The fourth-order valence-electron chi connectivity index (χ4n) is 1.55. The Morgan fingerprint density at radius 1 is 1.21 bits per heavy atom. The summed E-state index contributed by atoms with van der Waals surface area (Å²) in [7, 11) is 0. The summed E-state index contributed by atoms with van der Waals surface area (Å²) in [5.41, 5.74) is 13.4. The highest BCUT2D eigenvalue weighted by molar-refractivity contribution is 9.10. The van der Waals surface area contributed by atoms with Crippen molar-refractivity contribution in [3.63, 3.8) is 0 Å². The standard InChI is InChI=1S/C13H11BrClN3O/c14-9-3-2-8(6-10(9)15)18-12-5-7(13(17)19)1-4-11(12)16/h1-6,18H,16H2,(H2,17,19). The van der Waals surface area contributed by atoms with E-state index in [1.165, 1.54) is 0 Å². The summed E-state index contributed by atoms with van der Waals surface area (Å²) in [4.78, 5) is 11.1. The lowest BCUT2D eigenvalue weighted by Crippen LogP contribution is -2.11. The predicted octanol–water partition coefficient (Wildman–Crippen LogP) is 3.53. The molecule has 0 unspecified atom stereocenters. The highest BCUT2D eigenvalue weighted by atomic mass is 79.9. The average Bonchev–Trinajstić information content (AvgIpc) is 2.36. The fraction of sp³-hybridized carbons (Fsp3) is 0. The molecule has 2 aromatic carbocycles. The molecule has 0 heterocycles. The summed E-state index contributed by atoms with van der Waals surface area (Å²) in [6.45, 7) is 0. The summed E-state index contributed by atoms with van der Waals surface area (Å²) in [6, 6.07) is 10.2. The van der Waals surface area contributed by atoms with Crippen LogP contribution in [-0.4, -0.2) is 5.91 Å². The van der Waals surface area contributed by atoms with E-state index in [1.807, 2.05) is 12.1 Å². The van der Waals surface area contributed by atoms with Crippen molar-refractivity contribution in [2.45, 2.75) is 0 Å². The molecule has 0 atom stereocenters. The van der Waals surface area contributed by atoms with E-state index in [0.29, 0.717) is 22.0 Å². The third kappa shape index (κ3) is 3.19. The quantitative estimate of drug-likeness (QED) is 0.748. The minimum absolute atomic E-state index is 0.389. The van der Waals surface area contributed by atoms with Gasteiger partial charge in [0.25, 0.3) is 0 Å². The van der Waals surface area contributed by atoms with Crippen LogP contribution in [0.15, 0.2) is 40.9 Å². The zero-order chi connectivity index (χ0) is 14.0. The van der Waals surface area contributed by atoms with Crippen molar-refractivity contribution in [1.29, 1.82) is 0 Å². The van der Waals surface area contributed by atoms with Gasteiger partial charge in [-0.1, -0.05) is 11.6 Å². The number of anilines is 3. The number of hydrogen-bond donors (Lipinski definition) is 3. The van der Waals surface area contributed by atoms with Crippen molar-refractivity contribution in [2.75, 3.05) is 11.1 Å². The minimum atomic E-state index is -0.503. The zero-order valence-electron chi connectivity index (χ0n) is 9.78. The maximum Gasteiger partial charge on any atom is 0.248 e. The topological polar surface area (TPSA) is 81.1 Å². The van der Waals surface area contributed by atoms with E-state index in [2.05, 4.69) is 21.2 Å². The molecule has 2 rings (SSSR count). The first-order valence-corrected chi connectivity index (χ1v) is 6.56. The number of nitrogen functional groups attached to an aromatic ring is 1. The van der Waals surface area contributed by atoms with Gasteiger partial charge in [-0.05, 0) is 52.3 Å². The van der Waals surface area contributed by atoms with E-state index in [-0.39, 0.29) is 0 Å². The number of carbonyl (C=O) groups excluding carboxylic acids is 1. The summed E-state index contributed by atoms with van der Waals surface area (Å²) in [5, 5.41) is 3.68. The van der Waals surface area contributed by atoms with Gasteiger partial charge in [0.1, 0.15) is 0 Å². The van der Waals surface area contributed by atoms with E-state index in [9.17, 15) is 4.79 Å². The van der Waals surface area contributed by atoms with Crippen molar-refractivity contribution < 1.29 is 4.79 Å². The van der Waals surface area contributed by atoms with E-state index < -0.39 is 5.91 Å². The van der Waals surface area contributed by atoms with Gasteiger partial charge in [-0.25, -0.2) is 0 Å². The monoisotopic (exact) mass is 339 g/mol. The highest BCUT2D eigenvalue weighted by Gasteiger charge is 2.06. The Labute approximate surface area is 123 Å². The molecular weight excluding hydrogens is 330 g/mol. The molecule has 2 aromatic rings. The Kier molecular flexibility index (Phi) is 3.97. The normalized spacial score (nSPS) is 10.2. The van der Waals surface area contributed by atoms with Gasteiger partial charge in [0, 0.05) is 15.7 Å². The van der Waals surface area contributed by atoms with Gasteiger partial charge in [0.2, 0.25) is 5.91 Å². The number of carbonyl (C=O) groups is 1. The molecule has 0 spiro atoms. The molecular formula is C13H11BrClN3O. The number of amides is 1. The Morgan fingerprint density at radius 3 is 2.58 bits per heavy atom. The third-order valence-electron chi connectivity index (χ3n) is 2.54. The van der Waals surface area contributed by atoms with Crippen molar-refractivity contribution >= 4 is 50.5 Å². The van der Waals surface area contributed by atoms with Crippen molar-refractivity contribution in [1.82, 2.24) is 0 Å². The lowest BCUT2D eigenvalue weighted by Gasteiger charge is -2.11. The van der Waals surface area contributed by atoms with Gasteiger partial charge < -0.3 is 16.8 Å². The first-order chi connectivity index (χ1) is 8.97. The molecule has 0 fully saturated rings. The van der Waals surface area contributed by atoms with Gasteiger partial charge in [-0.2, -0.15) is 0 Å². The van der Waals surface area contributed by atoms with Crippen LogP contribution in [0, 0.1) is 0 Å². The first-order valence-electron chi connectivity index (χ1n) is 5.39. The number of hydrogen-bond acceptors (Lipinski definition) is 3. The minimum Gasteiger partial charge on any atom is -0.397 e. The summed E-state index contributed by atoms with van der Waals surface area (Å²) >= 11 is 9.32. The van der Waals surface area contributed by atoms with Gasteiger partial charge in [-0.3, -0.25) is 4.79 Å². The first kappa shape index (κ1) is 13.7. The number of rotatable bonds is 3. The van der Waals surface area contributed by atoms with Crippen LogP contribution in [0.3, 0.4) is 0 Å². The second-order valence-electron chi connectivity index (χ2n) is 3.92. The number of primary amides is 1. The van der Waals surface area contributed by atoms with E-state index in [4.69, 9.17) is 23.1 Å². The lowest BCUT2D eigenvalue weighted by molar-refractivity contribution is 0.100. The summed E-state index contributed by atoms with van der Waals surface area (Å²) < 4.78 is 0.804. The molecule has 0 saturated heterocycles. The number of nitrogens with one attached hydrogen (secondary N) is 1. The summed E-state index contributed by atoms with van der Waals surface area (Å²) in [5.74, 6) is -0.503. The second-order valence-corrected chi connectivity index (χ2v) is 5.18. The average molecular weight is 341 g/mol. The smallest absolute Gasteiger partial charge is 0.248 e. The van der Waals surface area contributed by atoms with E-state index in [1.54, 1.807) is 24.3 Å². The van der Waals surface area contributed by atoms with Crippen LogP contribution < -0.4 is 16.8 Å². The maximum absolute atomic E-state index is 11.1. The van der Waals surface area contributed by atoms with Crippen LogP contribution in [0.1, 0.15) is 10.4 Å². The molecule has 98 valence electrons. The zero-order valence-corrected chi connectivity index (χ0v) is 12.1. The summed E-state index contributed by atoms with van der Waals surface area (Å²) in [6.07, 6.45) is 0. The molecule has 0 aromatic heterocycles. The van der Waals surface area contributed by atoms with Crippen molar-refractivity contribution in [2.24, 2.45) is 5.73 Å². The molecule has 0 aliphatic rings. The predicted molar refractivity (Wildman–Crippen MR) is 81.8 cm³/mol. The molecule has 19 heavy (non-hydrogen) atoms. The maximum atomic E-state index is 11.1. The second kappa shape index (κ2) is 5.50.